The Morgan fingerprint density at radius 2 is 1.71 bits per heavy atom. The van der Waals surface area contributed by atoms with Crippen LogP contribution in [0, 0.1) is 13.8 Å². The first-order valence-electron chi connectivity index (χ1n) is 9.65. The second-order valence-corrected chi connectivity index (χ2v) is 7.51. The molecule has 0 N–H and O–H groups in total. The number of para-hydroxylation sites is 1. The molecular weight excluding hydrogens is 416 g/mol. The third kappa shape index (κ3) is 4.32. The van der Waals surface area contributed by atoms with E-state index in [0.717, 1.165) is 11.1 Å². The van der Waals surface area contributed by atoms with Gasteiger partial charge in [0.25, 0.3) is 0 Å². The molecule has 0 atom stereocenters. The lowest BCUT2D eigenvalue weighted by Gasteiger charge is -2.13. The second-order valence-electron chi connectivity index (χ2n) is 7.10. The number of aryl methyl sites for hydroxylation is 2. The fourth-order valence-electron chi connectivity index (χ4n) is 3.39. The van der Waals surface area contributed by atoms with Crippen molar-refractivity contribution >= 4 is 28.5 Å². The minimum atomic E-state index is -0.728. The van der Waals surface area contributed by atoms with E-state index in [1.54, 1.807) is 54.6 Å². The molecule has 1 heterocycles. The SMILES string of the molecule is Cc1cc(C)c2c(=O)c(OC(=O)COc3ccccc3)c(-c3ccccc3Cl)oc2c1. The normalized spacial score (nSPS) is 10.8. The third-order valence-electron chi connectivity index (χ3n) is 4.73. The number of hydrogen-bond donors (Lipinski definition) is 0. The molecule has 0 radical (unpaired) electrons. The van der Waals surface area contributed by atoms with Gasteiger partial charge in [-0.15, -0.1) is 0 Å². The standard InChI is InChI=1S/C25H19ClO5/c1-15-12-16(2)22-20(13-15)30-24(18-10-6-7-11-19(18)26)25(23(22)28)31-21(27)14-29-17-8-4-3-5-9-17/h3-13H,14H2,1-2H3. The number of esters is 1. The highest BCUT2D eigenvalue weighted by Gasteiger charge is 2.23. The Bertz CT molecular complexity index is 1330. The molecule has 0 aliphatic carbocycles. The molecule has 3 aromatic carbocycles. The number of ether oxygens (including phenoxy) is 2. The van der Waals surface area contributed by atoms with Crippen LogP contribution in [0.2, 0.25) is 5.02 Å². The molecule has 0 saturated carbocycles. The van der Waals surface area contributed by atoms with Gasteiger partial charge in [0, 0.05) is 5.56 Å². The monoisotopic (exact) mass is 434 g/mol. The van der Waals surface area contributed by atoms with Crippen molar-refractivity contribution in [2.24, 2.45) is 0 Å². The Labute approximate surface area is 183 Å². The summed E-state index contributed by atoms with van der Waals surface area (Å²) in [4.78, 5) is 25.9. The van der Waals surface area contributed by atoms with Crippen LogP contribution in [0.5, 0.6) is 11.5 Å². The van der Waals surface area contributed by atoms with E-state index < -0.39 is 11.4 Å². The van der Waals surface area contributed by atoms with E-state index in [-0.39, 0.29) is 18.1 Å². The Hall–Kier alpha value is -3.57. The van der Waals surface area contributed by atoms with Crippen LogP contribution in [0.4, 0.5) is 0 Å². The Morgan fingerprint density at radius 3 is 2.45 bits per heavy atom. The van der Waals surface area contributed by atoms with Gasteiger partial charge in [-0.2, -0.15) is 0 Å². The van der Waals surface area contributed by atoms with Crippen molar-refractivity contribution < 1.29 is 18.7 Å². The molecule has 4 rings (SSSR count). The minimum Gasteiger partial charge on any atom is -0.482 e. The quantitative estimate of drug-likeness (QED) is 0.376. The second kappa shape index (κ2) is 8.66. The molecule has 0 unspecified atom stereocenters. The van der Waals surface area contributed by atoms with Gasteiger partial charge in [-0.25, -0.2) is 4.79 Å². The van der Waals surface area contributed by atoms with Crippen LogP contribution in [0.25, 0.3) is 22.3 Å². The van der Waals surface area contributed by atoms with Gasteiger partial charge in [-0.1, -0.05) is 48.0 Å². The van der Waals surface area contributed by atoms with Crippen LogP contribution in [-0.4, -0.2) is 12.6 Å². The molecule has 5 nitrogen and oxygen atoms in total. The largest absolute Gasteiger partial charge is 0.482 e. The molecule has 156 valence electrons. The van der Waals surface area contributed by atoms with Crippen LogP contribution < -0.4 is 14.9 Å². The van der Waals surface area contributed by atoms with Crippen molar-refractivity contribution in [1.82, 2.24) is 0 Å². The summed E-state index contributed by atoms with van der Waals surface area (Å²) < 4.78 is 17.0. The van der Waals surface area contributed by atoms with E-state index in [0.29, 0.717) is 27.3 Å². The van der Waals surface area contributed by atoms with Crippen molar-refractivity contribution in [3.63, 3.8) is 0 Å². The summed E-state index contributed by atoms with van der Waals surface area (Å²) in [6.07, 6.45) is 0. The molecule has 0 bridgehead atoms. The van der Waals surface area contributed by atoms with Gasteiger partial charge >= 0.3 is 5.97 Å². The Kier molecular flexibility index (Phi) is 5.78. The fourth-order valence-corrected chi connectivity index (χ4v) is 3.61. The minimum absolute atomic E-state index is 0.0983. The number of halogens is 1. The van der Waals surface area contributed by atoms with Crippen molar-refractivity contribution in [3.8, 4) is 22.8 Å². The highest BCUT2D eigenvalue weighted by Crippen LogP contribution is 2.36. The van der Waals surface area contributed by atoms with Gasteiger partial charge in [0.15, 0.2) is 12.4 Å². The average molecular weight is 435 g/mol. The lowest BCUT2D eigenvalue weighted by molar-refractivity contribution is -0.136. The molecule has 1 aromatic heterocycles. The number of hydrogen-bond acceptors (Lipinski definition) is 5. The van der Waals surface area contributed by atoms with Gasteiger partial charge in [-0.05, 0) is 55.3 Å². The highest BCUT2D eigenvalue weighted by atomic mass is 35.5. The maximum Gasteiger partial charge on any atom is 0.349 e. The molecule has 6 heteroatoms. The van der Waals surface area contributed by atoms with Crippen molar-refractivity contribution in [2.75, 3.05) is 6.61 Å². The first kappa shape index (κ1) is 20.7. The molecule has 0 spiro atoms. The van der Waals surface area contributed by atoms with Crippen molar-refractivity contribution in [1.29, 1.82) is 0 Å². The summed E-state index contributed by atoms with van der Waals surface area (Å²) >= 11 is 6.35. The molecule has 0 saturated heterocycles. The smallest absolute Gasteiger partial charge is 0.349 e. The van der Waals surface area contributed by atoms with Crippen molar-refractivity contribution in [2.45, 2.75) is 13.8 Å². The lowest BCUT2D eigenvalue weighted by atomic mass is 10.0. The molecule has 0 aliphatic rings. The maximum atomic E-state index is 13.4. The molecule has 4 aromatic rings. The summed E-state index contributed by atoms with van der Waals surface area (Å²) in [6, 6.07) is 19.4. The van der Waals surface area contributed by atoms with E-state index in [1.807, 2.05) is 26.0 Å². The Morgan fingerprint density at radius 1 is 1.00 bits per heavy atom. The number of fused-ring (bicyclic) bond motifs is 1. The van der Waals surface area contributed by atoms with Gasteiger partial charge in [-0.3, -0.25) is 4.79 Å². The molecule has 0 amide bonds. The van der Waals surface area contributed by atoms with E-state index in [1.165, 1.54) is 0 Å². The Balaban J connectivity index is 1.79. The fraction of sp³-hybridized carbons (Fsp3) is 0.120. The predicted molar refractivity (Wildman–Crippen MR) is 120 cm³/mol. The van der Waals surface area contributed by atoms with E-state index in [2.05, 4.69) is 0 Å². The van der Waals surface area contributed by atoms with Crippen LogP contribution >= 0.6 is 11.6 Å². The number of rotatable bonds is 5. The summed E-state index contributed by atoms with van der Waals surface area (Å²) in [5, 5.41) is 0.723. The molecule has 31 heavy (non-hydrogen) atoms. The molecular formula is C25H19ClO5. The zero-order chi connectivity index (χ0) is 22.0. The molecule has 0 aliphatic heterocycles. The first-order valence-corrected chi connectivity index (χ1v) is 10.0. The van der Waals surface area contributed by atoms with Crippen LogP contribution in [0.1, 0.15) is 11.1 Å². The van der Waals surface area contributed by atoms with E-state index >= 15 is 0 Å². The topological polar surface area (TPSA) is 65.7 Å². The van der Waals surface area contributed by atoms with Crippen LogP contribution in [0.15, 0.2) is 75.9 Å². The lowest BCUT2D eigenvalue weighted by Crippen LogP contribution is -2.22. The number of benzene rings is 3. The number of carbonyl (C=O) groups is 1. The highest BCUT2D eigenvalue weighted by molar-refractivity contribution is 6.33. The summed E-state index contributed by atoms with van der Waals surface area (Å²) in [7, 11) is 0. The maximum absolute atomic E-state index is 13.4. The zero-order valence-electron chi connectivity index (χ0n) is 17.0. The van der Waals surface area contributed by atoms with E-state index in [4.69, 9.17) is 25.5 Å². The van der Waals surface area contributed by atoms with Gasteiger partial charge in [0.05, 0.1) is 10.4 Å². The van der Waals surface area contributed by atoms with Crippen LogP contribution in [0.3, 0.4) is 0 Å². The predicted octanol–water partition coefficient (Wildman–Crippen LogP) is 5.71. The van der Waals surface area contributed by atoms with Gasteiger partial charge in [0.2, 0.25) is 11.2 Å². The van der Waals surface area contributed by atoms with Gasteiger partial charge in [0.1, 0.15) is 11.3 Å². The summed E-state index contributed by atoms with van der Waals surface area (Å²) in [5.74, 6) is -0.327. The first-order chi connectivity index (χ1) is 14.9. The molecule has 0 fully saturated rings. The van der Waals surface area contributed by atoms with Crippen molar-refractivity contribution in [3.05, 3.63) is 93.1 Å². The average Bonchev–Trinajstić information content (AvgIpc) is 2.75. The number of carbonyl (C=O) groups excluding carboxylic acids is 1. The third-order valence-corrected chi connectivity index (χ3v) is 5.06. The summed E-state index contributed by atoms with van der Waals surface area (Å²) in [5.41, 5.74) is 2.08. The van der Waals surface area contributed by atoms with Crippen LogP contribution in [-0.2, 0) is 4.79 Å². The zero-order valence-corrected chi connectivity index (χ0v) is 17.7. The van der Waals surface area contributed by atoms with E-state index in [9.17, 15) is 9.59 Å². The summed E-state index contributed by atoms with van der Waals surface area (Å²) in [6.45, 7) is 3.36. The van der Waals surface area contributed by atoms with Gasteiger partial charge < -0.3 is 13.9 Å².